The van der Waals surface area contributed by atoms with Gasteiger partial charge in [-0.05, 0) is 30.1 Å². The molecule has 0 radical (unpaired) electrons. The second kappa shape index (κ2) is 4.04. The SMILES string of the molecule is CC(C)C(C)(C)[C@H]1C[C@@H](C)CCC1=O. The van der Waals surface area contributed by atoms with Crippen LogP contribution >= 0.6 is 0 Å². The van der Waals surface area contributed by atoms with Crippen LogP contribution in [0, 0.1) is 23.2 Å². The van der Waals surface area contributed by atoms with E-state index in [1.807, 2.05) is 0 Å². The standard InChI is InChI=1S/C13H24O/c1-9(2)13(4,5)11-8-10(3)6-7-12(11)14/h9-11H,6-8H2,1-5H3/t10-,11-/m0/s1. The Kier molecular flexibility index (Phi) is 3.39. The monoisotopic (exact) mass is 196 g/mol. The summed E-state index contributed by atoms with van der Waals surface area (Å²) in [6.07, 6.45) is 3.01. The first kappa shape index (κ1) is 11.7. The Bertz CT molecular complexity index is 215. The molecule has 1 saturated carbocycles. The quantitative estimate of drug-likeness (QED) is 0.658. The average molecular weight is 196 g/mol. The van der Waals surface area contributed by atoms with E-state index < -0.39 is 0 Å². The Labute approximate surface area is 88.3 Å². The number of hydrogen-bond acceptors (Lipinski definition) is 1. The van der Waals surface area contributed by atoms with Crippen molar-refractivity contribution in [3.8, 4) is 0 Å². The minimum Gasteiger partial charge on any atom is -0.299 e. The predicted octanol–water partition coefficient (Wildman–Crippen LogP) is 3.67. The van der Waals surface area contributed by atoms with Crippen molar-refractivity contribution in [2.75, 3.05) is 0 Å². The summed E-state index contributed by atoms with van der Waals surface area (Å²) in [6.45, 7) is 11.2. The number of rotatable bonds is 2. The highest BCUT2D eigenvalue weighted by molar-refractivity contribution is 5.82. The fourth-order valence-electron chi connectivity index (χ4n) is 2.34. The van der Waals surface area contributed by atoms with Gasteiger partial charge >= 0.3 is 0 Å². The lowest BCUT2D eigenvalue weighted by atomic mass is 9.63. The van der Waals surface area contributed by atoms with Crippen LogP contribution in [-0.2, 0) is 4.79 Å². The smallest absolute Gasteiger partial charge is 0.136 e. The number of carbonyl (C=O) groups excluding carboxylic acids is 1. The van der Waals surface area contributed by atoms with Crippen molar-refractivity contribution in [2.45, 2.75) is 53.9 Å². The van der Waals surface area contributed by atoms with Crippen molar-refractivity contribution in [1.29, 1.82) is 0 Å². The Morgan fingerprint density at radius 2 is 1.93 bits per heavy atom. The molecule has 82 valence electrons. The van der Waals surface area contributed by atoms with Crippen LogP contribution in [0.1, 0.15) is 53.9 Å². The van der Waals surface area contributed by atoms with E-state index in [2.05, 4.69) is 34.6 Å². The lowest BCUT2D eigenvalue weighted by molar-refractivity contribution is -0.131. The second-order valence-electron chi connectivity index (χ2n) is 5.87. The van der Waals surface area contributed by atoms with Crippen molar-refractivity contribution in [3.63, 3.8) is 0 Å². The van der Waals surface area contributed by atoms with Crippen LogP contribution in [0.4, 0.5) is 0 Å². The van der Waals surface area contributed by atoms with E-state index >= 15 is 0 Å². The summed E-state index contributed by atoms with van der Waals surface area (Å²) in [7, 11) is 0. The maximum absolute atomic E-state index is 11.9. The molecule has 1 nitrogen and oxygen atoms in total. The molecule has 0 bridgehead atoms. The molecule has 0 heterocycles. The van der Waals surface area contributed by atoms with Crippen molar-refractivity contribution in [1.82, 2.24) is 0 Å². The largest absolute Gasteiger partial charge is 0.299 e. The third-order valence-electron chi connectivity index (χ3n) is 4.30. The molecule has 2 atom stereocenters. The van der Waals surface area contributed by atoms with Gasteiger partial charge in [0.15, 0.2) is 0 Å². The van der Waals surface area contributed by atoms with Crippen molar-refractivity contribution < 1.29 is 4.79 Å². The summed E-state index contributed by atoms with van der Waals surface area (Å²) in [6, 6.07) is 0. The number of carbonyl (C=O) groups is 1. The highest BCUT2D eigenvalue weighted by atomic mass is 16.1. The summed E-state index contributed by atoms with van der Waals surface area (Å²) < 4.78 is 0. The zero-order valence-electron chi connectivity index (χ0n) is 10.3. The molecule has 1 fully saturated rings. The Morgan fingerprint density at radius 1 is 1.36 bits per heavy atom. The van der Waals surface area contributed by atoms with Gasteiger partial charge in [-0.2, -0.15) is 0 Å². The van der Waals surface area contributed by atoms with Gasteiger partial charge < -0.3 is 0 Å². The van der Waals surface area contributed by atoms with Crippen LogP contribution in [0.3, 0.4) is 0 Å². The molecule has 1 aliphatic carbocycles. The molecule has 0 amide bonds. The number of Topliss-reactive ketones (excluding diaryl/α,β-unsaturated/α-hetero) is 1. The molecule has 0 N–H and O–H groups in total. The zero-order valence-corrected chi connectivity index (χ0v) is 10.3. The highest BCUT2D eigenvalue weighted by Gasteiger charge is 2.39. The minimum atomic E-state index is 0.172. The van der Waals surface area contributed by atoms with E-state index in [0.29, 0.717) is 17.6 Å². The first-order valence-electron chi connectivity index (χ1n) is 5.88. The van der Waals surface area contributed by atoms with E-state index in [1.54, 1.807) is 0 Å². The van der Waals surface area contributed by atoms with Gasteiger partial charge in [-0.3, -0.25) is 4.79 Å². The molecule has 14 heavy (non-hydrogen) atoms. The predicted molar refractivity (Wildman–Crippen MR) is 60.1 cm³/mol. The summed E-state index contributed by atoms with van der Waals surface area (Å²) >= 11 is 0. The van der Waals surface area contributed by atoms with Crippen molar-refractivity contribution in [2.24, 2.45) is 23.2 Å². The molecule has 1 rings (SSSR count). The molecule has 0 unspecified atom stereocenters. The van der Waals surface area contributed by atoms with Gasteiger partial charge in [-0.15, -0.1) is 0 Å². The van der Waals surface area contributed by atoms with Crippen LogP contribution in [0.5, 0.6) is 0 Å². The van der Waals surface area contributed by atoms with Gasteiger partial charge in [0.05, 0.1) is 0 Å². The first-order chi connectivity index (χ1) is 6.35. The summed E-state index contributed by atoms with van der Waals surface area (Å²) in [4.78, 5) is 11.9. The molecule has 0 aromatic carbocycles. The zero-order chi connectivity index (χ0) is 10.9. The van der Waals surface area contributed by atoms with Gasteiger partial charge in [-0.1, -0.05) is 34.6 Å². The molecule has 0 aromatic heterocycles. The number of ketones is 1. The van der Waals surface area contributed by atoms with Crippen LogP contribution in [-0.4, -0.2) is 5.78 Å². The van der Waals surface area contributed by atoms with E-state index in [9.17, 15) is 4.79 Å². The van der Waals surface area contributed by atoms with Gasteiger partial charge in [0, 0.05) is 12.3 Å². The lowest BCUT2D eigenvalue weighted by Gasteiger charge is -2.40. The fourth-order valence-corrected chi connectivity index (χ4v) is 2.34. The average Bonchev–Trinajstić information content (AvgIpc) is 2.08. The fraction of sp³-hybridized carbons (Fsp3) is 0.923. The number of hydrogen-bond donors (Lipinski definition) is 0. The van der Waals surface area contributed by atoms with E-state index in [4.69, 9.17) is 0 Å². The van der Waals surface area contributed by atoms with Gasteiger partial charge in [0.1, 0.15) is 5.78 Å². The topological polar surface area (TPSA) is 17.1 Å². The maximum atomic E-state index is 11.9. The van der Waals surface area contributed by atoms with Crippen LogP contribution in [0.15, 0.2) is 0 Å². The van der Waals surface area contributed by atoms with E-state index in [-0.39, 0.29) is 5.41 Å². The highest BCUT2D eigenvalue weighted by Crippen LogP contribution is 2.42. The summed E-state index contributed by atoms with van der Waals surface area (Å²) in [5.41, 5.74) is 0.172. The molecule has 0 saturated heterocycles. The molecular formula is C13H24O. The lowest BCUT2D eigenvalue weighted by Crippen LogP contribution is -2.38. The molecular weight excluding hydrogens is 172 g/mol. The van der Waals surface area contributed by atoms with E-state index in [1.165, 1.54) is 0 Å². The minimum absolute atomic E-state index is 0.172. The Balaban J connectivity index is 2.78. The van der Waals surface area contributed by atoms with Gasteiger partial charge in [0.2, 0.25) is 0 Å². The van der Waals surface area contributed by atoms with Gasteiger partial charge in [-0.25, -0.2) is 0 Å². The Morgan fingerprint density at radius 3 is 2.43 bits per heavy atom. The van der Waals surface area contributed by atoms with E-state index in [0.717, 1.165) is 25.2 Å². The van der Waals surface area contributed by atoms with Crippen LogP contribution < -0.4 is 0 Å². The van der Waals surface area contributed by atoms with Gasteiger partial charge in [0.25, 0.3) is 0 Å². The van der Waals surface area contributed by atoms with Crippen molar-refractivity contribution >= 4 is 5.78 Å². The molecule has 0 aromatic rings. The molecule has 1 aliphatic rings. The van der Waals surface area contributed by atoms with Crippen LogP contribution in [0.2, 0.25) is 0 Å². The maximum Gasteiger partial charge on any atom is 0.136 e. The Hall–Kier alpha value is -0.330. The molecule has 0 aliphatic heterocycles. The second-order valence-corrected chi connectivity index (χ2v) is 5.87. The van der Waals surface area contributed by atoms with Crippen LogP contribution in [0.25, 0.3) is 0 Å². The molecule has 0 spiro atoms. The summed E-state index contributed by atoms with van der Waals surface area (Å²) in [5.74, 6) is 2.12. The van der Waals surface area contributed by atoms with Crippen molar-refractivity contribution in [3.05, 3.63) is 0 Å². The third-order valence-corrected chi connectivity index (χ3v) is 4.30. The third kappa shape index (κ3) is 2.18. The first-order valence-corrected chi connectivity index (χ1v) is 5.88. The summed E-state index contributed by atoms with van der Waals surface area (Å²) in [5, 5.41) is 0. The molecule has 1 heteroatoms. The normalized spacial score (nSPS) is 29.7.